The molecule has 0 unspecified atom stereocenters. The molecule has 0 N–H and O–H groups in total. The maximum absolute atomic E-state index is 12.6. The second kappa shape index (κ2) is 7.23. The maximum Gasteiger partial charge on any atom is 0.397 e. The lowest BCUT2D eigenvalue weighted by molar-refractivity contribution is -0.160. The van der Waals surface area contributed by atoms with E-state index in [-0.39, 0.29) is 19.8 Å². The predicted molar refractivity (Wildman–Crippen MR) is 88.6 cm³/mol. The molecular weight excluding hydrogens is 342 g/mol. The first-order valence-corrected chi connectivity index (χ1v) is 8.50. The Morgan fingerprint density at radius 2 is 1.92 bits per heavy atom. The predicted octanol–water partition coefficient (Wildman–Crippen LogP) is 1.08. The Morgan fingerprint density at radius 1 is 1.19 bits per heavy atom. The Balaban J connectivity index is 1.95. The highest BCUT2D eigenvalue weighted by Crippen LogP contribution is 2.48. The lowest BCUT2D eigenvalue weighted by Gasteiger charge is -2.21. The topological polar surface area (TPSA) is 91.4 Å². The molecule has 2 heterocycles. The van der Waals surface area contributed by atoms with Crippen LogP contribution in [0.25, 0.3) is 0 Å². The number of rotatable bonds is 4. The molecule has 1 amide bonds. The van der Waals surface area contributed by atoms with E-state index in [1.807, 2.05) is 0 Å². The number of carbonyl (C=O) groups is 3. The molecule has 8 heteroatoms. The first kappa shape index (κ1) is 18.0. The first-order chi connectivity index (χ1) is 12.5. The molecule has 2 aliphatic rings. The average Bonchev–Trinajstić information content (AvgIpc) is 3.17. The summed E-state index contributed by atoms with van der Waals surface area (Å²) in [6, 6.07) is 4.66. The van der Waals surface area contributed by atoms with Gasteiger partial charge in [0.2, 0.25) is 0 Å². The number of hydrogen-bond acceptors (Lipinski definition) is 7. The van der Waals surface area contributed by atoms with Gasteiger partial charge in [0, 0.05) is 18.2 Å². The van der Waals surface area contributed by atoms with Crippen molar-refractivity contribution in [3.05, 3.63) is 23.8 Å². The molecule has 140 valence electrons. The largest absolute Gasteiger partial charge is 0.497 e. The zero-order valence-corrected chi connectivity index (χ0v) is 14.9. The summed E-state index contributed by atoms with van der Waals surface area (Å²) in [6.07, 6.45) is -0.616. The minimum atomic E-state index is -0.947. The van der Waals surface area contributed by atoms with Crippen molar-refractivity contribution < 1.29 is 33.3 Å². The average molecular weight is 363 g/mol. The summed E-state index contributed by atoms with van der Waals surface area (Å²) in [5.74, 6) is -1.76. The van der Waals surface area contributed by atoms with Crippen LogP contribution in [-0.2, 0) is 23.9 Å². The third kappa shape index (κ3) is 2.95. The molecule has 2 aliphatic heterocycles. The van der Waals surface area contributed by atoms with Gasteiger partial charge in [0.1, 0.15) is 23.5 Å². The fourth-order valence-corrected chi connectivity index (χ4v) is 3.43. The second-order valence-electron chi connectivity index (χ2n) is 5.97. The van der Waals surface area contributed by atoms with Crippen LogP contribution >= 0.6 is 0 Å². The summed E-state index contributed by atoms with van der Waals surface area (Å²) >= 11 is 0. The summed E-state index contributed by atoms with van der Waals surface area (Å²) in [5, 5.41) is 0. The minimum Gasteiger partial charge on any atom is -0.497 e. The summed E-state index contributed by atoms with van der Waals surface area (Å²) in [4.78, 5) is 38.2. The van der Waals surface area contributed by atoms with Gasteiger partial charge in [-0.15, -0.1) is 0 Å². The highest BCUT2D eigenvalue weighted by atomic mass is 16.5. The van der Waals surface area contributed by atoms with Gasteiger partial charge in [0.15, 0.2) is 0 Å². The van der Waals surface area contributed by atoms with Crippen molar-refractivity contribution in [1.29, 1.82) is 0 Å². The second-order valence-corrected chi connectivity index (χ2v) is 5.97. The van der Waals surface area contributed by atoms with Crippen LogP contribution < -0.4 is 9.47 Å². The molecular formula is C18H21NO7. The maximum atomic E-state index is 12.6. The molecule has 0 bridgehead atoms. The molecule has 3 atom stereocenters. The molecule has 1 saturated heterocycles. The molecule has 8 nitrogen and oxygen atoms in total. The molecule has 1 aromatic carbocycles. The first-order valence-electron chi connectivity index (χ1n) is 8.50. The van der Waals surface area contributed by atoms with Crippen LogP contribution in [0.2, 0.25) is 0 Å². The Morgan fingerprint density at radius 3 is 2.58 bits per heavy atom. The number of amides is 1. The number of likely N-dealkylation sites (tertiary alicyclic amines) is 1. The zero-order valence-electron chi connectivity index (χ0n) is 14.9. The van der Waals surface area contributed by atoms with Crippen molar-refractivity contribution in [3.8, 4) is 11.5 Å². The quantitative estimate of drug-likeness (QED) is 0.584. The number of ether oxygens (including phenoxy) is 4. The van der Waals surface area contributed by atoms with E-state index in [1.54, 1.807) is 32.0 Å². The number of esters is 2. The van der Waals surface area contributed by atoms with Gasteiger partial charge in [-0.1, -0.05) is 0 Å². The van der Waals surface area contributed by atoms with Crippen molar-refractivity contribution in [2.24, 2.45) is 5.92 Å². The zero-order chi connectivity index (χ0) is 18.8. The van der Waals surface area contributed by atoms with E-state index >= 15 is 0 Å². The number of carbonyl (C=O) groups excluding carboxylic acids is 3. The number of methoxy groups -OCH3 is 1. The van der Waals surface area contributed by atoms with Crippen LogP contribution in [0.3, 0.4) is 0 Å². The highest BCUT2D eigenvalue weighted by Gasteiger charge is 2.55. The van der Waals surface area contributed by atoms with Crippen LogP contribution in [-0.4, -0.2) is 55.7 Å². The lowest BCUT2D eigenvalue weighted by atomic mass is 9.98. The summed E-state index contributed by atoms with van der Waals surface area (Å²) in [7, 11) is 1.54. The molecule has 0 aliphatic carbocycles. The van der Waals surface area contributed by atoms with Gasteiger partial charge >= 0.3 is 17.8 Å². The van der Waals surface area contributed by atoms with Gasteiger partial charge < -0.3 is 23.8 Å². The molecule has 0 saturated carbocycles. The standard InChI is InChI=1S/C18H21NO7/c1-4-24-17(21)12-9-19(16(20)18(22)25-5-2)14-11-7-6-10(23-3)8-13(11)26-15(12)14/h6-8,12,14-15H,4-5,9H2,1-3H3/t12-,14+,15+/m1/s1. The Hall–Kier alpha value is -2.77. The Kier molecular flexibility index (Phi) is 5.01. The van der Waals surface area contributed by atoms with Gasteiger partial charge in [-0.2, -0.15) is 0 Å². The van der Waals surface area contributed by atoms with E-state index in [1.165, 1.54) is 12.0 Å². The summed E-state index contributed by atoms with van der Waals surface area (Å²) < 4.78 is 21.1. The third-order valence-electron chi connectivity index (χ3n) is 4.54. The van der Waals surface area contributed by atoms with Gasteiger partial charge in [0.25, 0.3) is 0 Å². The van der Waals surface area contributed by atoms with Gasteiger partial charge in [0.05, 0.1) is 26.4 Å². The molecule has 1 aromatic rings. The number of fused-ring (bicyclic) bond motifs is 3. The van der Waals surface area contributed by atoms with Gasteiger partial charge in [-0.3, -0.25) is 9.59 Å². The van der Waals surface area contributed by atoms with Crippen LogP contribution in [0, 0.1) is 5.92 Å². The van der Waals surface area contributed by atoms with Crippen LogP contribution in [0.1, 0.15) is 25.5 Å². The summed E-state index contributed by atoms with van der Waals surface area (Å²) in [5.41, 5.74) is 0.722. The lowest BCUT2D eigenvalue weighted by Crippen LogP contribution is -2.38. The highest BCUT2D eigenvalue weighted by molar-refractivity contribution is 6.32. The third-order valence-corrected chi connectivity index (χ3v) is 4.54. The number of benzene rings is 1. The Bertz CT molecular complexity index is 732. The van der Waals surface area contributed by atoms with Crippen molar-refractivity contribution in [3.63, 3.8) is 0 Å². The normalized spacial score (nSPS) is 22.9. The molecule has 3 rings (SSSR count). The SMILES string of the molecule is CCOC(=O)C(=O)N1C[C@@H](C(=O)OCC)[C@@H]2Oc3cc(OC)ccc3[C@@H]21. The molecule has 26 heavy (non-hydrogen) atoms. The molecule has 0 radical (unpaired) electrons. The molecule has 0 spiro atoms. The van der Waals surface area contributed by atoms with Crippen molar-refractivity contribution in [1.82, 2.24) is 4.90 Å². The van der Waals surface area contributed by atoms with Gasteiger partial charge in [-0.05, 0) is 26.0 Å². The minimum absolute atomic E-state index is 0.0390. The monoisotopic (exact) mass is 363 g/mol. The number of hydrogen-bond donors (Lipinski definition) is 0. The summed E-state index contributed by atoms with van der Waals surface area (Å²) in [6.45, 7) is 3.69. The fraction of sp³-hybridized carbons (Fsp3) is 0.500. The fourth-order valence-electron chi connectivity index (χ4n) is 3.43. The smallest absolute Gasteiger partial charge is 0.397 e. The van der Waals surface area contributed by atoms with E-state index in [4.69, 9.17) is 18.9 Å². The van der Waals surface area contributed by atoms with Crippen LogP contribution in [0.5, 0.6) is 11.5 Å². The van der Waals surface area contributed by atoms with E-state index in [0.717, 1.165) is 5.56 Å². The molecule has 0 aromatic heterocycles. The van der Waals surface area contributed by atoms with Crippen LogP contribution in [0.4, 0.5) is 0 Å². The van der Waals surface area contributed by atoms with Crippen molar-refractivity contribution in [2.45, 2.75) is 26.0 Å². The van der Waals surface area contributed by atoms with E-state index < -0.39 is 35.9 Å². The van der Waals surface area contributed by atoms with Crippen LogP contribution in [0.15, 0.2) is 18.2 Å². The van der Waals surface area contributed by atoms with Crippen molar-refractivity contribution in [2.75, 3.05) is 26.9 Å². The van der Waals surface area contributed by atoms with E-state index in [2.05, 4.69) is 0 Å². The van der Waals surface area contributed by atoms with E-state index in [0.29, 0.717) is 11.5 Å². The van der Waals surface area contributed by atoms with Gasteiger partial charge in [-0.25, -0.2) is 4.79 Å². The number of nitrogens with zero attached hydrogens (tertiary/aromatic N) is 1. The Labute approximate surface area is 150 Å². The van der Waals surface area contributed by atoms with E-state index in [9.17, 15) is 14.4 Å². The van der Waals surface area contributed by atoms with Crippen molar-refractivity contribution >= 4 is 17.8 Å². The molecule has 1 fully saturated rings.